The number of hydrogen-bond acceptors (Lipinski definition) is 3. The quantitative estimate of drug-likeness (QED) is 0.872. The zero-order chi connectivity index (χ0) is 14.0. The zero-order valence-electron chi connectivity index (χ0n) is 9.36. The maximum absolute atomic E-state index is 10.9. The second-order valence-corrected chi connectivity index (χ2v) is 4.71. The predicted octanol–water partition coefficient (Wildman–Crippen LogP) is 3.93. The van der Waals surface area contributed by atoms with Gasteiger partial charge in [-0.15, -0.1) is 0 Å². The van der Waals surface area contributed by atoms with E-state index in [2.05, 4.69) is 4.98 Å². The first kappa shape index (κ1) is 13.9. The van der Waals surface area contributed by atoms with Crippen LogP contribution in [0.3, 0.4) is 0 Å². The van der Waals surface area contributed by atoms with Gasteiger partial charge in [0.15, 0.2) is 5.15 Å². The third kappa shape index (κ3) is 3.29. The molecule has 0 aliphatic heterocycles. The van der Waals surface area contributed by atoms with Gasteiger partial charge in [-0.25, -0.2) is 0 Å². The third-order valence-electron chi connectivity index (χ3n) is 2.21. The van der Waals surface area contributed by atoms with Gasteiger partial charge in [-0.05, 0) is 30.3 Å². The molecule has 0 saturated carbocycles. The summed E-state index contributed by atoms with van der Waals surface area (Å²) >= 11 is 17.5. The zero-order valence-corrected chi connectivity index (χ0v) is 11.6. The van der Waals surface area contributed by atoms with Crippen LogP contribution >= 0.6 is 34.8 Å². The standard InChI is InChI=1S/C12H7Cl3N2O2/c13-8-5-9(14)12(17-10(8)15)19-7-3-1-6(2-4-7)11(16)18/h1-5H,(H2,16,18). The number of ether oxygens (including phenoxy) is 1. The van der Waals surface area contributed by atoms with Crippen molar-refractivity contribution >= 4 is 40.7 Å². The number of halogens is 3. The summed E-state index contributed by atoms with van der Waals surface area (Å²) in [5.74, 6) is 0.0536. The number of pyridine rings is 1. The van der Waals surface area contributed by atoms with E-state index in [-0.39, 0.29) is 21.1 Å². The molecule has 0 radical (unpaired) electrons. The summed E-state index contributed by atoms with van der Waals surface area (Å²) in [5.41, 5.74) is 5.51. The molecule has 1 heterocycles. The Bertz CT molecular complexity index is 630. The molecule has 0 fully saturated rings. The van der Waals surface area contributed by atoms with Gasteiger partial charge < -0.3 is 10.5 Å². The fourth-order valence-corrected chi connectivity index (χ4v) is 1.83. The lowest BCUT2D eigenvalue weighted by atomic mass is 10.2. The van der Waals surface area contributed by atoms with Gasteiger partial charge in [0.2, 0.25) is 11.8 Å². The van der Waals surface area contributed by atoms with Gasteiger partial charge in [0.05, 0.1) is 5.02 Å². The van der Waals surface area contributed by atoms with Crippen LogP contribution in [0, 0.1) is 0 Å². The van der Waals surface area contributed by atoms with Crippen LogP contribution in [0.25, 0.3) is 0 Å². The lowest BCUT2D eigenvalue weighted by Gasteiger charge is -2.07. The van der Waals surface area contributed by atoms with Crippen molar-refractivity contribution in [1.82, 2.24) is 4.98 Å². The van der Waals surface area contributed by atoms with Crippen LogP contribution in [0.15, 0.2) is 30.3 Å². The number of nitrogens with zero attached hydrogens (tertiary/aromatic N) is 1. The molecule has 4 nitrogen and oxygen atoms in total. The summed E-state index contributed by atoms with van der Waals surface area (Å²) < 4.78 is 5.44. The van der Waals surface area contributed by atoms with Gasteiger partial charge in [0, 0.05) is 5.56 Å². The van der Waals surface area contributed by atoms with E-state index < -0.39 is 5.91 Å². The average Bonchev–Trinajstić information content (AvgIpc) is 2.36. The van der Waals surface area contributed by atoms with E-state index in [1.165, 1.54) is 18.2 Å². The third-order valence-corrected chi connectivity index (χ3v) is 3.15. The van der Waals surface area contributed by atoms with Crippen LogP contribution in [0.1, 0.15) is 10.4 Å². The van der Waals surface area contributed by atoms with E-state index in [1.54, 1.807) is 12.1 Å². The number of amides is 1. The summed E-state index contributed by atoms with van der Waals surface area (Å²) in [6.07, 6.45) is 0. The first-order valence-corrected chi connectivity index (χ1v) is 6.20. The number of nitrogens with two attached hydrogens (primary N) is 1. The summed E-state index contributed by atoms with van der Waals surface area (Å²) in [4.78, 5) is 14.8. The lowest BCUT2D eigenvalue weighted by molar-refractivity contribution is 0.100. The molecule has 2 rings (SSSR count). The second-order valence-electron chi connectivity index (χ2n) is 3.54. The van der Waals surface area contributed by atoms with E-state index in [1.807, 2.05) is 0 Å². The SMILES string of the molecule is NC(=O)c1ccc(Oc2nc(Cl)c(Cl)cc2Cl)cc1. The highest BCUT2D eigenvalue weighted by Crippen LogP contribution is 2.33. The number of carbonyl (C=O) groups is 1. The largest absolute Gasteiger partial charge is 0.437 e. The number of carbonyl (C=O) groups excluding carboxylic acids is 1. The average molecular weight is 318 g/mol. The van der Waals surface area contributed by atoms with E-state index in [9.17, 15) is 4.79 Å². The smallest absolute Gasteiger partial charge is 0.248 e. The molecule has 1 aromatic heterocycles. The van der Waals surface area contributed by atoms with Crippen molar-refractivity contribution in [2.75, 3.05) is 0 Å². The van der Waals surface area contributed by atoms with Gasteiger partial charge >= 0.3 is 0 Å². The normalized spacial score (nSPS) is 10.3. The van der Waals surface area contributed by atoms with Gasteiger partial charge in [-0.3, -0.25) is 4.79 Å². The number of primary amides is 1. The van der Waals surface area contributed by atoms with Crippen LogP contribution in [0.2, 0.25) is 15.2 Å². The monoisotopic (exact) mass is 316 g/mol. The Hall–Kier alpha value is -1.49. The van der Waals surface area contributed by atoms with Crippen molar-refractivity contribution in [3.63, 3.8) is 0 Å². The molecule has 2 N–H and O–H groups in total. The molecular weight excluding hydrogens is 311 g/mol. The molecule has 1 amide bonds. The molecule has 0 aliphatic carbocycles. The number of aromatic nitrogens is 1. The molecule has 0 unspecified atom stereocenters. The Morgan fingerprint density at radius 2 is 1.74 bits per heavy atom. The minimum Gasteiger partial charge on any atom is -0.437 e. The summed E-state index contributed by atoms with van der Waals surface area (Å²) in [5, 5.41) is 0.561. The molecule has 0 aliphatic rings. The van der Waals surface area contributed by atoms with Gasteiger partial charge in [0.25, 0.3) is 0 Å². The molecule has 1 aromatic carbocycles. The van der Waals surface area contributed by atoms with Crippen LogP contribution in [0.4, 0.5) is 0 Å². The minimum absolute atomic E-state index is 0.0924. The van der Waals surface area contributed by atoms with E-state index in [0.29, 0.717) is 11.3 Å². The lowest BCUT2D eigenvalue weighted by Crippen LogP contribution is -2.10. The minimum atomic E-state index is -0.516. The summed E-state index contributed by atoms with van der Waals surface area (Å²) in [7, 11) is 0. The Labute approximate surface area is 124 Å². The van der Waals surface area contributed by atoms with Gasteiger partial charge in [-0.1, -0.05) is 34.8 Å². The molecule has 0 atom stereocenters. The molecule has 0 spiro atoms. The van der Waals surface area contributed by atoms with Gasteiger partial charge in [-0.2, -0.15) is 4.98 Å². The van der Waals surface area contributed by atoms with Crippen LogP contribution in [0.5, 0.6) is 11.6 Å². The van der Waals surface area contributed by atoms with Crippen LogP contribution < -0.4 is 10.5 Å². The summed E-state index contributed by atoms with van der Waals surface area (Å²) in [6.45, 7) is 0. The first-order chi connectivity index (χ1) is 8.97. The highest BCUT2D eigenvalue weighted by atomic mass is 35.5. The van der Waals surface area contributed by atoms with Gasteiger partial charge in [0.1, 0.15) is 10.8 Å². The Balaban J connectivity index is 2.26. The number of rotatable bonds is 3. The van der Waals surface area contributed by atoms with Crippen molar-refractivity contribution in [2.24, 2.45) is 5.73 Å². The number of hydrogen-bond donors (Lipinski definition) is 1. The maximum atomic E-state index is 10.9. The Kier molecular flexibility index (Phi) is 4.14. The molecule has 0 saturated heterocycles. The fraction of sp³-hybridized carbons (Fsp3) is 0. The van der Waals surface area contributed by atoms with Crippen LogP contribution in [-0.2, 0) is 0 Å². The summed E-state index contributed by atoms with van der Waals surface area (Å²) in [6, 6.07) is 7.64. The Morgan fingerprint density at radius 3 is 2.32 bits per heavy atom. The molecule has 19 heavy (non-hydrogen) atoms. The topological polar surface area (TPSA) is 65.2 Å². The maximum Gasteiger partial charge on any atom is 0.248 e. The highest BCUT2D eigenvalue weighted by Gasteiger charge is 2.10. The second kappa shape index (κ2) is 5.65. The highest BCUT2D eigenvalue weighted by molar-refractivity contribution is 6.42. The van der Waals surface area contributed by atoms with Crippen molar-refractivity contribution in [1.29, 1.82) is 0 Å². The van der Waals surface area contributed by atoms with Crippen molar-refractivity contribution in [3.05, 3.63) is 51.1 Å². The van der Waals surface area contributed by atoms with Crippen molar-refractivity contribution in [2.45, 2.75) is 0 Å². The Morgan fingerprint density at radius 1 is 1.11 bits per heavy atom. The molecule has 98 valence electrons. The molecule has 2 aromatic rings. The van der Waals surface area contributed by atoms with Crippen molar-refractivity contribution in [3.8, 4) is 11.6 Å². The van der Waals surface area contributed by atoms with E-state index in [4.69, 9.17) is 45.3 Å². The van der Waals surface area contributed by atoms with Crippen LogP contribution in [-0.4, -0.2) is 10.9 Å². The predicted molar refractivity (Wildman–Crippen MR) is 74.3 cm³/mol. The first-order valence-electron chi connectivity index (χ1n) is 5.06. The fourth-order valence-electron chi connectivity index (χ4n) is 1.30. The van der Waals surface area contributed by atoms with Crippen molar-refractivity contribution < 1.29 is 9.53 Å². The molecule has 0 bridgehead atoms. The molecule has 7 heteroatoms. The van der Waals surface area contributed by atoms with E-state index >= 15 is 0 Å². The number of benzene rings is 1. The molecular formula is C12H7Cl3N2O2. The van der Waals surface area contributed by atoms with E-state index in [0.717, 1.165) is 0 Å².